The zero-order valence-electron chi connectivity index (χ0n) is 14.8. The number of rotatable bonds is 5. The molecule has 0 atom stereocenters. The smallest absolute Gasteiger partial charge is 0.338 e. The third-order valence-electron chi connectivity index (χ3n) is 4.09. The Morgan fingerprint density at radius 1 is 1.12 bits per heavy atom. The molecule has 1 aliphatic heterocycles. The number of fused-ring (bicyclic) bond motifs is 1. The van der Waals surface area contributed by atoms with Gasteiger partial charge in [-0.2, -0.15) is 0 Å². The van der Waals surface area contributed by atoms with Crippen LogP contribution in [0, 0.1) is 0 Å². The predicted molar refractivity (Wildman–Crippen MR) is 100 cm³/mol. The highest BCUT2D eigenvalue weighted by Crippen LogP contribution is 2.26. The Bertz CT molecular complexity index is 837. The number of hydrogen-bond acceptors (Lipinski definition) is 4. The summed E-state index contributed by atoms with van der Waals surface area (Å²) in [6, 6.07) is 15.0. The lowest BCUT2D eigenvalue weighted by atomic mass is 10.0. The van der Waals surface area contributed by atoms with Gasteiger partial charge in [0.25, 0.3) is 5.91 Å². The Balaban J connectivity index is 1.53. The first kappa shape index (κ1) is 17.7. The molecule has 0 saturated carbocycles. The molecule has 1 amide bonds. The number of carbonyl (C=O) groups is 2. The summed E-state index contributed by atoms with van der Waals surface area (Å²) >= 11 is 0. The molecule has 0 fully saturated rings. The van der Waals surface area contributed by atoms with Gasteiger partial charge in [0, 0.05) is 11.3 Å². The summed E-state index contributed by atoms with van der Waals surface area (Å²) in [7, 11) is 0. The van der Waals surface area contributed by atoms with Gasteiger partial charge in [0.2, 0.25) is 0 Å². The minimum Gasteiger partial charge on any atom is -0.488 e. The summed E-state index contributed by atoms with van der Waals surface area (Å²) in [6.45, 7) is 4.00. The van der Waals surface area contributed by atoms with Crippen molar-refractivity contribution in [1.82, 2.24) is 0 Å². The zero-order chi connectivity index (χ0) is 18.5. The molecule has 1 heterocycles. The number of para-hydroxylation sites is 1. The summed E-state index contributed by atoms with van der Waals surface area (Å²) in [5, 5.41) is 2.72. The second-order valence-corrected chi connectivity index (χ2v) is 6.40. The van der Waals surface area contributed by atoms with E-state index in [2.05, 4.69) is 19.2 Å². The molecule has 5 nitrogen and oxygen atoms in total. The molecule has 134 valence electrons. The second kappa shape index (κ2) is 7.87. The number of ether oxygens (including phenoxy) is 2. The van der Waals surface area contributed by atoms with Gasteiger partial charge in [-0.1, -0.05) is 44.2 Å². The third kappa shape index (κ3) is 4.30. The van der Waals surface area contributed by atoms with Crippen LogP contribution in [0.25, 0.3) is 6.08 Å². The molecule has 0 aromatic heterocycles. The molecule has 0 unspecified atom stereocenters. The molecule has 0 radical (unpaired) electrons. The highest BCUT2D eigenvalue weighted by atomic mass is 16.5. The van der Waals surface area contributed by atoms with Crippen molar-refractivity contribution in [2.45, 2.75) is 19.8 Å². The molecule has 2 aromatic rings. The molecule has 1 aliphatic rings. The lowest BCUT2D eigenvalue weighted by Gasteiger charge is -2.16. The van der Waals surface area contributed by atoms with E-state index in [1.165, 1.54) is 5.56 Å². The van der Waals surface area contributed by atoms with Gasteiger partial charge in [0.15, 0.2) is 6.61 Å². The average molecular weight is 351 g/mol. The average Bonchev–Trinajstić information content (AvgIpc) is 2.66. The quantitative estimate of drug-likeness (QED) is 0.833. The fourth-order valence-electron chi connectivity index (χ4n) is 2.61. The van der Waals surface area contributed by atoms with Gasteiger partial charge in [-0.15, -0.1) is 0 Å². The SMILES string of the molecule is CC(C)c1ccc(NC(=O)COC(=O)C2=Cc3ccccc3OC2)cc1. The molecule has 0 bridgehead atoms. The van der Waals surface area contributed by atoms with E-state index in [4.69, 9.17) is 9.47 Å². The largest absolute Gasteiger partial charge is 0.488 e. The van der Waals surface area contributed by atoms with Crippen LogP contribution in [0.1, 0.15) is 30.9 Å². The van der Waals surface area contributed by atoms with E-state index >= 15 is 0 Å². The molecule has 1 N–H and O–H groups in total. The van der Waals surface area contributed by atoms with Crippen LogP contribution in [-0.2, 0) is 14.3 Å². The second-order valence-electron chi connectivity index (χ2n) is 6.40. The van der Waals surface area contributed by atoms with Crippen molar-refractivity contribution >= 4 is 23.6 Å². The maximum absolute atomic E-state index is 12.1. The lowest BCUT2D eigenvalue weighted by Crippen LogP contribution is -2.23. The highest BCUT2D eigenvalue weighted by Gasteiger charge is 2.19. The van der Waals surface area contributed by atoms with E-state index in [-0.39, 0.29) is 19.1 Å². The normalized spacial score (nSPS) is 12.7. The van der Waals surface area contributed by atoms with Crippen LogP contribution < -0.4 is 10.1 Å². The van der Waals surface area contributed by atoms with E-state index in [1.807, 2.05) is 48.5 Å². The van der Waals surface area contributed by atoms with Crippen LogP contribution in [0.4, 0.5) is 5.69 Å². The summed E-state index contributed by atoms with van der Waals surface area (Å²) < 4.78 is 10.6. The van der Waals surface area contributed by atoms with E-state index in [9.17, 15) is 9.59 Å². The van der Waals surface area contributed by atoms with Gasteiger partial charge in [0.05, 0.1) is 5.57 Å². The lowest BCUT2D eigenvalue weighted by molar-refractivity contribution is -0.143. The van der Waals surface area contributed by atoms with Crippen LogP contribution >= 0.6 is 0 Å². The molecule has 0 aliphatic carbocycles. The maximum atomic E-state index is 12.1. The monoisotopic (exact) mass is 351 g/mol. The van der Waals surface area contributed by atoms with Gasteiger partial charge >= 0.3 is 5.97 Å². The van der Waals surface area contributed by atoms with Gasteiger partial charge in [-0.25, -0.2) is 4.79 Å². The van der Waals surface area contributed by atoms with E-state index in [0.717, 1.165) is 11.3 Å². The van der Waals surface area contributed by atoms with Crippen molar-refractivity contribution in [2.75, 3.05) is 18.5 Å². The van der Waals surface area contributed by atoms with E-state index in [1.54, 1.807) is 6.08 Å². The first-order chi connectivity index (χ1) is 12.5. The summed E-state index contributed by atoms with van der Waals surface area (Å²) in [5.41, 5.74) is 3.07. The van der Waals surface area contributed by atoms with Crippen molar-refractivity contribution in [3.63, 3.8) is 0 Å². The number of benzene rings is 2. The molecule has 5 heteroatoms. The van der Waals surface area contributed by atoms with E-state index in [0.29, 0.717) is 17.2 Å². The maximum Gasteiger partial charge on any atom is 0.338 e. The summed E-state index contributed by atoms with van der Waals surface area (Å²) in [5.74, 6) is 0.224. The Labute approximate surface area is 152 Å². The van der Waals surface area contributed by atoms with Crippen molar-refractivity contribution < 1.29 is 19.1 Å². The Morgan fingerprint density at radius 3 is 2.58 bits per heavy atom. The van der Waals surface area contributed by atoms with E-state index < -0.39 is 5.97 Å². The zero-order valence-corrected chi connectivity index (χ0v) is 14.8. The topological polar surface area (TPSA) is 64.6 Å². The van der Waals surface area contributed by atoms with Crippen molar-refractivity contribution in [1.29, 1.82) is 0 Å². The van der Waals surface area contributed by atoms with Gasteiger partial charge < -0.3 is 14.8 Å². The van der Waals surface area contributed by atoms with Gasteiger partial charge in [-0.3, -0.25) is 4.79 Å². The third-order valence-corrected chi connectivity index (χ3v) is 4.09. The molecular weight excluding hydrogens is 330 g/mol. The fraction of sp³-hybridized carbons (Fsp3) is 0.238. The fourth-order valence-corrected chi connectivity index (χ4v) is 2.61. The molecule has 0 saturated heterocycles. The van der Waals surface area contributed by atoms with Gasteiger partial charge in [-0.05, 0) is 35.8 Å². The molecule has 3 rings (SSSR count). The molecule has 0 spiro atoms. The van der Waals surface area contributed by atoms with Crippen molar-refractivity contribution in [3.05, 3.63) is 65.2 Å². The van der Waals surface area contributed by atoms with Crippen molar-refractivity contribution in [2.24, 2.45) is 0 Å². The first-order valence-corrected chi connectivity index (χ1v) is 8.52. The summed E-state index contributed by atoms with van der Waals surface area (Å²) in [6.07, 6.45) is 1.73. The van der Waals surface area contributed by atoms with Crippen LogP contribution in [-0.4, -0.2) is 25.1 Å². The Kier molecular flexibility index (Phi) is 5.37. The number of amides is 1. The number of hydrogen-bond donors (Lipinski definition) is 1. The van der Waals surface area contributed by atoms with Crippen molar-refractivity contribution in [3.8, 4) is 5.75 Å². The van der Waals surface area contributed by atoms with Crippen LogP contribution in [0.5, 0.6) is 5.75 Å². The Morgan fingerprint density at radius 2 is 1.85 bits per heavy atom. The highest BCUT2D eigenvalue weighted by molar-refractivity contribution is 5.98. The number of esters is 1. The van der Waals surface area contributed by atoms with Crippen LogP contribution in [0.15, 0.2) is 54.1 Å². The summed E-state index contributed by atoms with van der Waals surface area (Å²) in [4.78, 5) is 24.1. The number of anilines is 1. The minimum absolute atomic E-state index is 0.133. The Hall–Kier alpha value is -3.08. The minimum atomic E-state index is -0.551. The molecule has 2 aromatic carbocycles. The van der Waals surface area contributed by atoms with Crippen LogP contribution in [0.3, 0.4) is 0 Å². The number of carbonyl (C=O) groups excluding carboxylic acids is 2. The van der Waals surface area contributed by atoms with Gasteiger partial charge in [0.1, 0.15) is 12.4 Å². The molecule has 26 heavy (non-hydrogen) atoms. The standard InChI is InChI=1S/C21H21NO4/c1-14(2)15-7-9-18(10-8-15)22-20(23)13-26-21(24)17-11-16-5-3-4-6-19(16)25-12-17/h3-11,14H,12-13H2,1-2H3,(H,22,23). The molecular formula is C21H21NO4. The van der Waals surface area contributed by atoms with Crippen LogP contribution in [0.2, 0.25) is 0 Å². The predicted octanol–water partition coefficient (Wildman–Crippen LogP) is 3.77. The number of nitrogens with one attached hydrogen (secondary N) is 1. The first-order valence-electron chi connectivity index (χ1n) is 8.52.